The van der Waals surface area contributed by atoms with Gasteiger partial charge in [0.05, 0.1) is 0 Å². The predicted octanol–water partition coefficient (Wildman–Crippen LogP) is 1.29. The van der Waals surface area contributed by atoms with Crippen molar-refractivity contribution >= 4 is 18.3 Å². The molecule has 0 unspecified atom stereocenters. The number of hydrogen-bond donors (Lipinski definition) is 0. The highest BCUT2D eigenvalue weighted by Crippen LogP contribution is 2.14. The first-order valence-electron chi connectivity index (χ1n) is 5.09. The summed E-state index contributed by atoms with van der Waals surface area (Å²) < 4.78 is 0. The quantitative estimate of drug-likeness (QED) is 0.548. The maximum absolute atomic E-state index is 10.1. The molecular formula is C11H13N3O. The fourth-order valence-corrected chi connectivity index (χ4v) is 1.65. The van der Waals surface area contributed by atoms with Crippen molar-refractivity contribution in [1.29, 1.82) is 0 Å². The molecule has 2 heterocycles. The third kappa shape index (κ3) is 2.40. The van der Waals surface area contributed by atoms with E-state index in [1.165, 1.54) is 18.9 Å². The molecule has 4 heteroatoms. The number of hydrogen-bond acceptors (Lipinski definition) is 4. The van der Waals surface area contributed by atoms with Gasteiger partial charge in [0.15, 0.2) is 0 Å². The second-order valence-electron chi connectivity index (χ2n) is 3.51. The van der Waals surface area contributed by atoms with E-state index < -0.39 is 0 Å². The van der Waals surface area contributed by atoms with Crippen LogP contribution in [0.5, 0.6) is 0 Å². The number of carbonyl (C=O) groups excluding carboxylic acids is 1. The molecule has 0 aromatic carbocycles. The van der Waals surface area contributed by atoms with Gasteiger partial charge in [-0.15, -0.1) is 0 Å². The number of nitrogens with zero attached hydrogens (tertiary/aromatic N) is 3. The summed E-state index contributed by atoms with van der Waals surface area (Å²) in [5.74, 6) is 0.788. The molecule has 1 aromatic rings. The summed E-state index contributed by atoms with van der Waals surface area (Å²) >= 11 is 0. The number of anilines is 1. The van der Waals surface area contributed by atoms with Crippen molar-refractivity contribution in [1.82, 2.24) is 9.97 Å². The molecule has 0 atom stereocenters. The zero-order valence-corrected chi connectivity index (χ0v) is 8.47. The van der Waals surface area contributed by atoms with Crippen LogP contribution in [0.15, 0.2) is 18.5 Å². The van der Waals surface area contributed by atoms with Crippen molar-refractivity contribution < 1.29 is 4.79 Å². The van der Waals surface area contributed by atoms with Crippen LogP contribution in [-0.2, 0) is 4.79 Å². The second-order valence-corrected chi connectivity index (χ2v) is 3.51. The minimum Gasteiger partial charge on any atom is -0.341 e. The molecule has 0 radical (unpaired) electrons. The van der Waals surface area contributed by atoms with Gasteiger partial charge in [-0.3, -0.25) is 4.79 Å². The third-order valence-electron chi connectivity index (χ3n) is 2.41. The van der Waals surface area contributed by atoms with E-state index in [1.54, 1.807) is 18.5 Å². The summed E-state index contributed by atoms with van der Waals surface area (Å²) in [7, 11) is 0. The van der Waals surface area contributed by atoms with Crippen LogP contribution in [0.4, 0.5) is 5.95 Å². The van der Waals surface area contributed by atoms with Crippen molar-refractivity contribution in [2.75, 3.05) is 18.0 Å². The molecular weight excluding hydrogens is 190 g/mol. The highest BCUT2D eigenvalue weighted by atomic mass is 16.1. The van der Waals surface area contributed by atoms with Crippen LogP contribution in [0.3, 0.4) is 0 Å². The van der Waals surface area contributed by atoms with Gasteiger partial charge in [0.1, 0.15) is 6.29 Å². The Balaban J connectivity index is 2.09. The fourth-order valence-electron chi connectivity index (χ4n) is 1.65. The van der Waals surface area contributed by atoms with Gasteiger partial charge in [0.2, 0.25) is 5.95 Å². The van der Waals surface area contributed by atoms with Gasteiger partial charge >= 0.3 is 0 Å². The number of carbonyl (C=O) groups is 1. The van der Waals surface area contributed by atoms with E-state index in [9.17, 15) is 4.79 Å². The van der Waals surface area contributed by atoms with Crippen LogP contribution in [0, 0.1) is 0 Å². The second kappa shape index (κ2) is 4.68. The Kier molecular flexibility index (Phi) is 3.07. The average molecular weight is 203 g/mol. The van der Waals surface area contributed by atoms with Crippen molar-refractivity contribution in [2.24, 2.45) is 0 Å². The maximum Gasteiger partial charge on any atom is 0.225 e. The van der Waals surface area contributed by atoms with Gasteiger partial charge in [0.25, 0.3) is 0 Å². The summed E-state index contributed by atoms with van der Waals surface area (Å²) in [6.45, 7) is 2.09. The molecule has 0 saturated carbocycles. The maximum atomic E-state index is 10.1. The Bertz CT molecular complexity index is 353. The lowest BCUT2D eigenvalue weighted by molar-refractivity contribution is -0.104. The van der Waals surface area contributed by atoms with Crippen LogP contribution < -0.4 is 4.90 Å². The van der Waals surface area contributed by atoms with Gasteiger partial charge in [-0.05, 0) is 25.0 Å². The van der Waals surface area contributed by atoms with Gasteiger partial charge in [-0.1, -0.05) is 0 Å². The van der Waals surface area contributed by atoms with E-state index in [0.29, 0.717) is 0 Å². The predicted molar refractivity (Wildman–Crippen MR) is 58.6 cm³/mol. The third-order valence-corrected chi connectivity index (χ3v) is 2.41. The Morgan fingerprint density at radius 1 is 1.20 bits per heavy atom. The van der Waals surface area contributed by atoms with E-state index in [4.69, 9.17) is 0 Å². The number of aromatic nitrogens is 2. The molecule has 0 bridgehead atoms. The lowest BCUT2D eigenvalue weighted by atomic mass is 10.3. The van der Waals surface area contributed by atoms with Crippen LogP contribution >= 0.6 is 0 Å². The Labute approximate surface area is 88.7 Å². The van der Waals surface area contributed by atoms with E-state index in [2.05, 4.69) is 14.9 Å². The lowest BCUT2D eigenvalue weighted by Gasteiger charge is -2.13. The fraction of sp³-hybridized carbons (Fsp3) is 0.364. The Morgan fingerprint density at radius 3 is 2.47 bits per heavy atom. The summed E-state index contributed by atoms with van der Waals surface area (Å²) in [4.78, 5) is 20.8. The van der Waals surface area contributed by atoms with Gasteiger partial charge in [0, 0.05) is 31.0 Å². The van der Waals surface area contributed by atoms with Crippen LogP contribution in [0.1, 0.15) is 18.4 Å². The van der Waals surface area contributed by atoms with E-state index in [1.807, 2.05) is 0 Å². The normalized spacial score (nSPS) is 16.1. The zero-order chi connectivity index (χ0) is 10.5. The highest BCUT2D eigenvalue weighted by Gasteiger charge is 2.13. The number of rotatable bonds is 3. The molecule has 4 nitrogen and oxygen atoms in total. The van der Waals surface area contributed by atoms with E-state index in [-0.39, 0.29) is 0 Å². The highest BCUT2D eigenvalue weighted by molar-refractivity contribution is 5.73. The van der Waals surface area contributed by atoms with Crippen LogP contribution in [0.25, 0.3) is 6.08 Å². The largest absolute Gasteiger partial charge is 0.341 e. The molecule has 0 spiro atoms. The first-order chi connectivity index (χ1) is 7.40. The van der Waals surface area contributed by atoms with Crippen LogP contribution in [0.2, 0.25) is 0 Å². The van der Waals surface area contributed by atoms with Crippen LogP contribution in [-0.4, -0.2) is 29.3 Å². The van der Waals surface area contributed by atoms with Gasteiger partial charge in [-0.25, -0.2) is 9.97 Å². The molecule has 78 valence electrons. The topological polar surface area (TPSA) is 46.1 Å². The summed E-state index contributed by atoms with van der Waals surface area (Å²) in [5, 5.41) is 0. The lowest BCUT2D eigenvalue weighted by Crippen LogP contribution is -2.20. The molecule has 1 saturated heterocycles. The molecule has 2 rings (SSSR count). The molecule has 1 aliphatic rings. The molecule has 1 aliphatic heterocycles. The minimum absolute atomic E-state index is 0.744. The molecule has 15 heavy (non-hydrogen) atoms. The zero-order valence-electron chi connectivity index (χ0n) is 8.47. The first kappa shape index (κ1) is 9.83. The number of allylic oxidation sites excluding steroid dienone is 1. The van der Waals surface area contributed by atoms with E-state index >= 15 is 0 Å². The van der Waals surface area contributed by atoms with E-state index in [0.717, 1.165) is 30.9 Å². The van der Waals surface area contributed by atoms with Crippen molar-refractivity contribution in [3.63, 3.8) is 0 Å². The molecule has 0 N–H and O–H groups in total. The Morgan fingerprint density at radius 2 is 1.87 bits per heavy atom. The summed E-state index contributed by atoms with van der Waals surface area (Å²) in [6, 6.07) is 0. The summed E-state index contributed by atoms with van der Waals surface area (Å²) in [6.07, 6.45) is 9.79. The number of aldehydes is 1. The molecule has 1 fully saturated rings. The van der Waals surface area contributed by atoms with Crippen molar-refractivity contribution in [3.05, 3.63) is 24.0 Å². The summed E-state index contributed by atoms with van der Waals surface area (Å²) in [5.41, 5.74) is 0.852. The molecule has 1 aromatic heterocycles. The Hall–Kier alpha value is -1.71. The SMILES string of the molecule is O=CC=Cc1cnc(N2CCCC2)nc1. The first-order valence-corrected chi connectivity index (χ1v) is 5.09. The average Bonchev–Trinajstić information content (AvgIpc) is 2.80. The van der Waals surface area contributed by atoms with Gasteiger partial charge in [-0.2, -0.15) is 0 Å². The smallest absolute Gasteiger partial charge is 0.225 e. The minimum atomic E-state index is 0.744. The standard InChI is InChI=1S/C11H13N3O/c15-7-3-4-10-8-12-11(13-9-10)14-5-1-2-6-14/h3-4,7-9H,1-2,5-6H2. The monoisotopic (exact) mass is 203 g/mol. The van der Waals surface area contributed by atoms with Crippen molar-refractivity contribution in [2.45, 2.75) is 12.8 Å². The van der Waals surface area contributed by atoms with Crippen molar-refractivity contribution in [3.8, 4) is 0 Å². The molecule has 0 aliphatic carbocycles. The molecule has 0 amide bonds. The van der Waals surface area contributed by atoms with Gasteiger partial charge < -0.3 is 4.90 Å².